The number of phosphoric acid groups is 1. The number of esters is 3. The maximum absolute atomic E-state index is 12.9. The van der Waals surface area contributed by atoms with Crippen LogP contribution < -0.4 is 0 Å². The Morgan fingerprint density at radius 3 is 1.21 bits per heavy atom. The number of hydrogen-bond donors (Lipinski definition) is 2. The first-order valence-electron chi connectivity index (χ1n) is 28.1. The van der Waals surface area contributed by atoms with Gasteiger partial charge < -0.3 is 24.2 Å². The third-order valence-electron chi connectivity index (χ3n) is 11.5. The number of hydrogen-bond acceptors (Lipinski definition) is 10. The Balaban J connectivity index is 4.82. The fourth-order valence-corrected chi connectivity index (χ4v) is 8.04. The van der Waals surface area contributed by atoms with Gasteiger partial charge in [0.1, 0.15) is 12.7 Å². The first-order valence-corrected chi connectivity index (χ1v) is 29.6. The molecular formula is C60H101O11P. The fourth-order valence-electron chi connectivity index (χ4n) is 7.26. The molecule has 0 aromatic carbocycles. The van der Waals surface area contributed by atoms with Crippen molar-refractivity contribution >= 4 is 25.7 Å². The zero-order valence-electron chi connectivity index (χ0n) is 45.4. The van der Waals surface area contributed by atoms with Crippen LogP contribution in [0.2, 0.25) is 0 Å². The third kappa shape index (κ3) is 51.3. The van der Waals surface area contributed by atoms with E-state index in [2.05, 4.69) is 106 Å². The van der Waals surface area contributed by atoms with E-state index in [0.717, 1.165) is 116 Å². The highest BCUT2D eigenvalue weighted by Crippen LogP contribution is 2.43. The molecule has 0 saturated carbocycles. The minimum absolute atomic E-state index is 0.0515. The van der Waals surface area contributed by atoms with Gasteiger partial charge in [0.25, 0.3) is 0 Å². The Hall–Kier alpha value is -3.60. The molecule has 0 aliphatic carbocycles. The highest BCUT2D eigenvalue weighted by molar-refractivity contribution is 7.47. The summed E-state index contributed by atoms with van der Waals surface area (Å²) >= 11 is 0. The topological polar surface area (TPSA) is 155 Å². The quantitative estimate of drug-likeness (QED) is 0.0197. The van der Waals surface area contributed by atoms with Crippen LogP contribution in [0.4, 0.5) is 0 Å². The number of allylic oxidation sites excluding steroid dienone is 16. The summed E-state index contributed by atoms with van der Waals surface area (Å²) in [5.41, 5.74) is 0. The molecule has 0 fully saturated rings. The van der Waals surface area contributed by atoms with Crippen LogP contribution >= 0.6 is 7.82 Å². The van der Waals surface area contributed by atoms with Crippen molar-refractivity contribution in [1.82, 2.24) is 0 Å². The number of unbranched alkanes of at least 4 members (excludes halogenated alkanes) is 18. The molecule has 0 aliphatic rings. The lowest BCUT2D eigenvalue weighted by Crippen LogP contribution is -2.30. The maximum atomic E-state index is 12.9. The van der Waals surface area contributed by atoms with Crippen molar-refractivity contribution in [2.45, 2.75) is 238 Å². The molecule has 0 radical (unpaired) electrons. The summed E-state index contributed by atoms with van der Waals surface area (Å²) in [6.45, 7) is 4.30. The first kappa shape index (κ1) is 68.4. The third-order valence-corrected chi connectivity index (χ3v) is 12.4. The molecule has 12 heteroatoms. The van der Waals surface area contributed by atoms with Crippen molar-refractivity contribution < 1.29 is 52.2 Å². The predicted octanol–water partition coefficient (Wildman–Crippen LogP) is 16.5. The summed E-state index contributed by atoms with van der Waals surface area (Å²) in [5.74, 6) is -1.58. The lowest BCUT2D eigenvalue weighted by atomic mass is 10.1. The second kappa shape index (κ2) is 53.7. The lowest BCUT2D eigenvalue weighted by molar-refractivity contribution is -0.161. The Morgan fingerprint density at radius 2 is 0.750 bits per heavy atom. The SMILES string of the molecule is CC/C=C\C/C=C\C/C=C\C/C=C\CCC(=O)OC(CO)COP(=O)(O)OCC(COC(=O)CCCCCCCCC/C=C\C/C=C\C/C=C\CC)OC(=O)CCCCCCC/C=C\CCCCCCCC. The number of aliphatic hydroxyl groups is 1. The molecule has 0 aliphatic heterocycles. The molecule has 2 N–H and O–H groups in total. The lowest BCUT2D eigenvalue weighted by Gasteiger charge is -2.21. The minimum atomic E-state index is -4.77. The average Bonchev–Trinajstić information content (AvgIpc) is 3.37. The van der Waals surface area contributed by atoms with Crippen LogP contribution in [-0.2, 0) is 42.2 Å². The van der Waals surface area contributed by atoms with E-state index in [1.165, 1.54) is 51.4 Å². The molecule has 3 unspecified atom stereocenters. The van der Waals surface area contributed by atoms with Gasteiger partial charge in [-0.05, 0) is 103 Å². The number of phosphoric ester groups is 1. The standard InChI is InChI=1S/C60H101O11P/c1-4-7-10-13-16-19-22-25-27-28-30-32-34-37-40-43-46-49-58(62)67-53-57(71-60(64)51-48-45-42-39-36-33-29-26-23-20-17-14-11-8-5-2)55-69-72(65,66)68-54-56(52-61)70-59(63)50-47-44-41-38-35-31-24-21-18-15-12-9-6-3/h7,9-10,12,16,18-19,21,25-27,29,31,35,41,44,56-57,61H,4-6,8,11,13-15,17,20,22-24,28,30,32-34,36-40,42-43,45-55H2,1-3H3,(H,65,66)/b10-7-,12-9-,19-16-,21-18-,27-25-,29-26-,35-31-,44-41-. The van der Waals surface area contributed by atoms with Crippen LogP contribution in [0.15, 0.2) is 97.2 Å². The van der Waals surface area contributed by atoms with Gasteiger partial charge in [-0.25, -0.2) is 4.57 Å². The van der Waals surface area contributed by atoms with E-state index in [1.54, 1.807) is 0 Å². The molecule has 0 amide bonds. The molecule has 0 spiro atoms. The molecule has 0 heterocycles. The maximum Gasteiger partial charge on any atom is 0.472 e. The summed E-state index contributed by atoms with van der Waals surface area (Å²) in [6, 6.07) is 0. The second-order valence-electron chi connectivity index (χ2n) is 18.3. The van der Waals surface area contributed by atoms with E-state index in [1.807, 2.05) is 12.2 Å². The van der Waals surface area contributed by atoms with E-state index in [9.17, 15) is 28.9 Å². The average molecular weight is 1030 g/mol. The van der Waals surface area contributed by atoms with E-state index in [-0.39, 0.29) is 25.9 Å². The monoisotopic (exact) mass is 1030 g/mol. The second-order valence-corrected chi connectivity index (χ2v) is 19.8. The van der Waals surface area contributed by atoms with Crippen LogP contribution in [0, 0.1) is 0 Å². The normalized spacial score (nSPS) is 14.1. The van der Waals surface area contributed by atoms with Gasteiger partial charge in [0.2, 0.25) is 0 Å². The van der Waals surface area contributed by atoms with E-state index in [0.29, 0.717) is 19.3 Å². The Kier molecular flexibility index (Phi) is 51.0. The van der Waals surface area contributed by atoms with Gasteiger partial charge in [-0.15, -0.1) is 0 Å². The summed E-state index contributed by atoms with van der Waals surface area (Å²) in [5, 5.41) is 9.78. The molecule has 412 valence electrons. The number of aliphatic hydroxyl groups excluding tert-OH is 1. The Bertz CT molecular complexity index is 1580. The van der Waals surface area contributed by atoms with Gasteiger partial charge in [-0.1, -0.05) is 201 Å². The molecule has 0 rings (SSSR count). The molecular weight excluding hydrogens is 928 g/mol. The number of carbonyl (C=O) groups excluding carboxylic acids is 3. The van der Waals surface area contributed by atoms with Crippen molar-refractivity contribution in [2.24, 2.45) is 0 Å². The van der Waals surface area contributed by atoms with Crippen molar-refractivity contribution in [3.8, 4) is 0 Å². The van der Waals surface area contributed by atoms with Gasteiger partial charge in [0.05, 0.1) is 19.8 Å². The van der Waals surface area contributed by atoms with Gasteiger partial charge in [0.15, 0.2) is 6.10 Å². The van der Waals surface area contributed by atoms with Crippen LogP contribution in [0.1, 0.15) is 226 Å². The molecule has 0 aromatic heterocycles. The van der Waals surface area contributed by atoms with Gasteiger partial charge in [-0.2, -0.15) is 0 Å². The van der Waals surface area contributed by atoms with Crippen LogP contribution in [0.3, 0.4) is 0 Å². The predicted molar refractivity (Wildman–Crippen MR) is 297 cm³/mol. The summed E-state index contributed by atoms with van der Waals surface area (Å²) in [7, 11) is -4.77. The van der Waals surface area contributed by atoms with Gasteiger partial charge in [0, 0.05) is 19.3 Å². The first-order chi connectivity index (χ1) is 35.2. The summed E-state index contributed by atoms with van der Waals surface area (Å²) in [4.78, 5) is 48.4. The number of ether oxygens (including phenoxy) is 3. The van der Waals surface area contributed by atoms with Crippen LogP contribution in [-0.4, -0.2) is 66.5 Å². The molecule has 72 heavy (non-hydrogen) atoms. The van der Waals surface area contributed by atoms with Crippen molar-refractivity contribution in [3.05, 3.63) is 97.2 Å². The molecule has 0 bridgehead atoms. The van der Waals surface area contributed by atoms with Crippen molar-refractivity contribution in [3.63, 3.8) is 0 Å². The highest BCUT2D eigenvalue weighted by atomic mass is 31.2. The van der Waals surface area contributed by atoms with Crippen LogP contribution in [0.5, 0.6) is 0 Å². The smallest absolute Gasteiger partial charge is 0.462 e. The minimum Gasteiger partial charge on any atom is -0.462 e. The molecule has 3 atom stereocenters. The molecule has 11 nitrogen and oxygen atoms in total. The summed E-state index contributed by atoms with van der Waals surface area (Å²) in [6.07, 6.45) is 62.4. The molecule has 0 saturated heterocycles. The fraction of sp³-hybridized carbons (Fsp3) is 0.683. The largest absolute Gasteiger partial charge is 0.472 e. The van der Waals surface area contributed by atoms with Crippen molar-refractivity contribution in [1.29, 1.82) is 0 Å². The van der Waals surface area contributed by atoms with Crippen LogP contribution in [0.25, 0.3) is 0 Å². The zero-order valence-corrected chi connectivity index (χ0v) is 46.3. The Labute approximate surface area is 438 Å². The zero-order chi connectivity index (χ0) is 52.7. The van der Waals surface area contributed by atoms with Gasteiger partial charge in [-0.3, -0.25) is 23.4 Å². The summed E-state index contributed by atoms with van der Waals surface area (Å²) < 4.78 is 39.4. The number of rotatable bonds is 51. The van der Waals surface area contributed by atoms with E-state index in [4.69, 9.17) is 23.3 Å². The van der Waals surface area contributed by atoms with E-state index >= 15 is 0 Å². The Morgan fingerprint density at radius 1 is 0.403 bits per heavy atom. The van der Waals surface area contributed by atoms with Gasteiger partial charge >= 0.3 is 25.7 Å². The molecule has 0 aromatic rings. The van der Waals surface area contributed by atoms with Crippen molar-refractivity contribution in [2.75, 3.05) is 26.4 Å². The highest BCUT2D eigenvalue weighted by Gasteiger charge is 2.28. The van der Waals surface area contributed by atoms with E-state index < -0.39 is 57.8 Å². The number of carbonyl (C=O) groups is 3.